The Morgan fingerprint density at radius 3 is 2.44 bits per heavy atom. The molecule has 2 rings (SSSR count). The molecule has 0 aliphatic carbocycles. The summed E-state index contributed by atoms with van der Waals surface area (Å²) in [5.41, 5.74) is 11.0. The molecule has 0 saturated carbocycles. The zero-order valence-electron chi connectivity index (χ0n) is 10.8. The van der Waals surface area contributed by atoms with Crippen molar-refractivity contribution < 1.29 is 4.79 Å². The number of rotatable bonds is 3. The molecule has 0 aliphatic heterocycles. The Hall–Kier alpha value is -1.68. The predicted octanol–water partition coefficient (Wildman–Crippen LogP) is 2.76. The average Bonchev–Trinajstić information content (AvgIpc) is 2.63. The first-order valence-corrected chi connectivity index (χ1v) is 6.66. The molecule has 0 fully saturated rings. The second-order valence-corrected chi connectivity index (χ2v) is 5.49. The molecule has 0 spiro atoms. The fourth-order valence-electron chi connectivity index (χ4n) is 2.24. The van der Waals surface area contributed by atoms with E-state index in [0.717, 1.165) is 16.3 Å². The minimum atomic E-state index is -0.340. The van der Waals surface area contributed by atoms with Crippen LogP contribution < -0.4 is 5.73 Å². The molecule has 1 aromatic heterocycles. The van der Waals surface area contributed by atoms with Gasteiger partial charge < -0.3 is 5.73 Å². The standard InChI is InChI=1S/C14H16N2OS/c1-8-4-9(2)14(10(3)5-8)11-7-18-13(16-11)6-12(15)17/h4-5,7H,6H2,1-3H3,(H2,15,17). The maximum atomic E-state index is 10.9. The Labute approximate surface area is 111 Å². The van der Waals surface area contributed by atoms with E-state index in [1.54, 1.807) is 0 Å². The number of nitrogens with zero attached hydrogens (tertiary/aromatic N) is 1. The predicted molar refractivity (Wildman–Crippen MR) is 74.7 cm³/mol. The lowest BCUT2D eigenvalue weighted by atomic mass is 9.98. The first-order valence-electron chi connectivity index (χ1n) is 5.78. The first kappa shape index (κ1) is 12.8. The number of amides is 1. The molecule has 18 heavy (non-hydrogen) atoms. The number of hydrogen-bond acceptors (Lipinski definition) is 3. The van der Waals surface area contributed by atoms with Crippen LogP contribution in [-0.4, -0.2) is 10.9 Å². The molecule has 0 atom stereocenters. The number of thiazole rings is 1. The summed E-state index contributed by atoms with van der Waals surface area (Å²) in [6.45, 7) is 6.26. The number of nitrogens with two attached hydrogens (primary N) is 1. The van der Waals surface area contributed by atoms with Gasteiger partial charge in [0, 0.05) is 10.9 Å². The number of aryl methyl sites for hydroxylation is 3. The molecule has 1 aromatic carbocycles. The number of benzene rings is 1. The lowest BCUT2D eigenvalue weighted by molar-refractivity contribution is -0.117. The second kappa shape index (κ2) is 4.90. The normalized spacial score (nSPS) is 10.6. The van der Waals surface area contributed by atoms with Crippen molar-refractivity contribution in [3.8, 4) is 11.3 Å². The highest BCUT2D eigenvalue weighted by molar-refractivity contribution is 7.10. The van der Waals surface area contributed by atoms with E-state index in [9.17, 15) is 4.79 Å². The van der Waals surface area contributed by atoms with Gasteiger partial charge in [-0.3, -0.25) is 4.79 Å². The van der Waals surface area contributed by atoms with E-state index in [0.29, 0.717) is 0 Å². The molecule has 1 amide bonds. The second-order valence-electron chi connectivity index (χ2n) is 4.54. The zero-order chi connectivity index (χ0) is 13.3. The quantitative estimate of drug-likeness (QED) is 0.922. The molecule has 0 aliphatic rings. The summed E-state index contributed by atoms with van der Waals surface area (Å²) >= 11 is 1.48. The van der Waals surface area contributed by atoms with Gasteiger partial charge in [0.2, 0.25) is 5.91 Å². The van der Waals surface area contributed by atoms with E-state index in [1.807, 2.05) is 5.38 Å². The third-order valence-corrected chi connectivity index (χ3v) is 3.66. The molecule has 4 heteroatoms. The van der Waals surface area contributed by atoms with Crippen molar-refractivity contribution >= 4 is 17.2 Å². The summed E-state index contributed by atoms with van der Waals surface area (Å²) in [4.78, 5) is 15.4. The van der Waals surface area contributed by atoms with Gasteiger partial charge in [0.05, 0.1) is 12.1 Å². The summed E-state index contributed by atoms with van der Waals surface area (Å²) in [5.74, 6) is -0.340. The van der Waals surface area contributed by atoms with Crippen LogP contribution in [-0.2, 0) is 11.2 Å². The molecule has 2 N–H and O–H groups in total. The van der Waals surface area contributed by atoms with Gasteiger partial charge in [-0.15, -0.1) is 11.3 Å². The van der Waals surface area contributed by atoms with Crippen molar-refractivity contribution in [1.82, 2.24) is 4.98 Å². The van der Waals surface area contributed by atoms with E-state index in [-0.39, 0.29) is 12.3 Å². The molecule has 94 valence electrons. The Kier molecular flexibility index (Phi) is 3.48. The summed E-state index contributed by atoms with van der Waals surface area (Å²) in [5, 5.41) is 2.76. The molecule has 0 saturated heterocycles. The zero-order valence-corrected chi connectivity index (χ0v) is 11.6. The lowest BCUT2D eigenvalue weighted by Gasteiger charge is -2.08. The minimum absolute atomic E-state index is 0.217. The average molecular weight is 260 g/mol. The Balaban J connectivity index is 2.43. The van der Waals surface area contributed by atoms with Crippen molar-refractivity contribution in [2.45, 2.75) is 27.2 Å². The molecular weight excluding hydrogens is 244 g/mol. The number of aromatic nitrogens is 1. The maximum Gasteiger partial charge on any atom is 0.224 e. The summed E-state index contributed by atoms with van der Waals surface area (Å²) in [6, 6.07) is 4.30. The van der Waals surface area contributed by atoms with Crippen molar-refractivity contribution in [3.05, 3.63) is 39.2 Å². The highest BCUT2D eigenvalue weighted by Gasteiger charge is 2.11. The maximum absolute atomic E-state index is 10.9. The highest BCUT2D eigenvalue weighted by atomic mass is 32.1. The molecule has 3 nitrogen and oxygen atoms in total. The van der Waals surface area contributed by atoms with E-state index >= 15 is 0 Å². The van der Waals surface area contributed by atoms with E-state index in [2.05, 4.69) is 37.9 Å². The summed E-state index contributed by atoms with van der Waals surface area (Å²) in [7, 11) is 0. The van der Waals surface area contributed by atoms with Crippen LogP contribution in [0.25, 0.3) is 11.3 Å². The Bertz CT molecular complexity index is 579. The third kappa shape index (κ3) is 2.59. The van der Waals surface area contributed by atoms with E-state index < -0.39 is 0 Å². The monoisotopic (exact) mass is 260 g/mol. The van der Waals surface area contributed by atoms with Crippen LogP contribution in [0.2, 0.25) is 0 Å². The molecule has 0 unspecified atom stereocenters. The van der Waals surface area contributed by atoms with Gasteiger partial charge in [0.1, 0.15) is 5.01 Å². The summed E-state index contributed by atoms with van der Waals surface area (Å²) < 4.78 is 0. The SMILES string of the molecule is Cc1cc(C)c(-c2csc(CC(N)=O)n2)c(C)c1. The fourth-order valence-corrected chi connectivity index (χ4v) is 3.03. The smallest absolute Gasteiger partial charge is 0.224 e. The molecular formula is C14H16N2OS. The van der Waals surface area contributed by atoms with E-state index in [4.69, 9.17) is 5.73 Å². The molecule has 0 radical (unpaired) electrons. The van der Waals surface area contributed by atoms with Crippen LogP contribution in [0.15, 0.2) is 17.5 Å². The van der Waals surface area contributed by atoms with Gasteiger partial charge in [-0.2, -0.15) is 0 Å². The highest BCUT2D eigenvalue weighted by Crippen LogP contribution is 2.29. The van der Waals surface area contributed by atoms with Gasteiger partial charge >= 0.3 is 0 Å². The number of carbonyl (C=O) groups is 1. The van der Waals surface area contributed by atoms with Crippen LogP contribution in [0, 0.1) is 20.8 Å². The van der Waals surface area contributed by atoms with Gasteiger partial charge in [0.15, 0.2) is 0 Å². The minimum Gasteiger partial charge on any atom is -0.369 e. The van der Waals surface area contributed by atoms with Crippen LogP contribution in [0.5, 0.6) is 0 Å². The fraction of sp³-hybridized carbons (Fsp3) is 0.286. The summed E-state index contributed by atoms with van der Waals surface area (Å²) in [6.07, 6.45) is 0.217. The van der Waals surface area contributed by atoms with Gasteiger partial charge in [-0.05, 0) is 31.9 Å². The molecule has 0 bridgehead atoms. The van der Waals surface area contributed by atoms with Crippen molar-refractivity contribution in [2.75, 3.05) is 0 Å². The van der Waals surface area contributed by atoms with Crippen molar-refractivity contribution in [3.63, 3.8) is 0 Å². The van der Waals surface area contributed by atoms with Crippen molar-refractivity contribution in [2.24, 2.45) is 5.73 Å². The van der Waals surface area contributed by atoms with Gasteiger partial charge in [-0.25, -0.2) is 4.98 Å². The van der Waals surface area contributed by atoms with Crippen LogP contribution in [0.4, 0.5) is 0 Å². The van der Waals surface area contributed by atoms with Gasteiger partial charge in [-0.1, -0.05) is 17.7 Å². The van der Waals surface area contributed by atoms with Crippen LogP contribution in [0.3, 0.4) is 0 Å². The third-order valence-electron chi connectivity index (χ3n) is 2.81. The van der Waals surface area contributed by atoms with Gasteiger partial charge in [0.25, 0.3) is 0 Å². The van der Waals surface area contributed by atoms with Crippen LogP contribution >= 0.6 is 11.3 Å². The Morgan fingerprint density at radius 1 is 1.28 bits per heavy atom. The van der Waals surface area contributed by atoms with Crippen LogP contribution in [0.1, 0.15) is 21.7 Å². The largest absolute Gasteiger partial charge is 0.369 e. The number of primary amides is 1. The molecule has 1 heterocycles. The molecule has 2 aromatic rings. The lowest BCUT2D eigenvalue weighted by Crippen LogP contribution is -2.13. The van der Waals surface area contributed by atoms with Crippen molar-refractivity contribution in [1.29, 1.82) is 0 Å². The number of hydrogen-bond donors (Lipinski definition) is 1. The first-order chi connectivity index (χ1) is 8.47. The number of carbonyl (C=O) groups excluding carboxylic acids is 1. The Morgan fingerprint density at radius 2 is 1.89 bits per heavy atom. The topological polar surface area (TPSA) is 56.0 Å². The van der Waals surface area contributed by atoms with E-state index in [1.165, 1.54) is 28.0 Å².